The van der Waals surface area contributed by atoms with Crippen LogP contribution in [0.5, 0.6) is 5.75 Å². The second-order valence-electron chi connectivity index (χ2n) is 9.35. The van der Waals surface area contributed by atoms with Crippen molar-refractivity contribution in [3.8, 4) is 17.1 Å². The van der Waals surface area contributed by atoms with E-state index < -0.39 is 12.6 Å². The predicted octanol–water partition coefficient (Wildman–Crippen LogP) is 6.19. The Balaban J connectivity index is 1.65. The zero-order chi connectivity index (χ0) is 24.3. The summed E-state index contributed by atoms with van der Waals surface area (Å²) >= 11 is 0. The Labute approximate surface area is 199 Å². The van der Waals surface area contributed by atoms with Gasteiger partial charge in [0, 0.05) is 5.56 Å². The molecule has 1 aromatic heterocycles. The summed E-state index contributed by atoms with van der Waals surface area (Å²) in [5.41, 5.74) is 3.83. The van der Waals surface area contributed by atoms with Gasteiger partial charge in [-0.1, -0.05) is 81.4 Å². The molecule has 3 aromatic carbocycles. The van der Waals surface area contributed by atoms with Gasteiger partial charge in [-0.25, -0.2) is 4.79 Å². The number of fused-ring (bicyclic) bond motifs is 1. The lowest BCUT2D eigenvalue weighted by atomic mass is 9.86. The highest BCUT2D eigenvalue weighted by Crippen LogP contribution is 2.33. The maximum Gasteiger partial charge on any atom is 0.344 e. The van der Waals surface area contributed by atoms with Crippen molar-refractivity contribution in [3.05, 3.63) is 99.7 Å². The smallest absolute Gasteiger partial charge is 0.344 e. The highest BCUT2D eigenvalue weighted by atomic mass is 16.6. The summed E-state index contributed by atoms with van der Waals surface area (Å²) in [5.74, 6) is -0.280. The minimum Gasteiger partial charge on any atom is -0.474 e. The maximum atomic E-state index is 13.3. The van der Waals surface area contributed by atoms with E-state index in [9.17, 15) is 9.59 Å². The highest BCUT2D eigenvalue weighted by Gasteiger charge is 2.20. The van der Waals surface area contributed by atoms with E-state index >= 15 is 0 Å². The number of hydrogen-bond donors (Lipinski definition) is 0. The minimum absolute atomic E-state index is 0.00322. The Morgan fingerprint density at radius 3 is 2.32 bits per heavy atom. The van der Waals surface area contributed by atoms with E-state index in [0.717, 1.165) is 16.7 Å². The molecule has 4 rings (SSSR count). The summed E-state index contributed by atoms with van der Waals surface area (Å²) < 4.78 is 17.2. The Morgan fingerprint density at radius 1 is 0.941 bits per heavy atom. The first kappa shape index (κ1) is 23.3. The Bertz CT molecular complexity index is 1360. The van der Waals surface area contributed by atoms with Gasteiger partial charge in [0.25, 0.3) is 0 Å². The van der Waals surface area contributed by atoms with E-state index in [1.54, 1.807) is 6.07 Å². The fourth-order valence-corrected chi connectivity index (χ4v) is 3.64. The second kappa shape index (κ2) is 9.56. The van der Waals surface area contributed by atoms with Crippen LogP contribution < -0.4 is 10.2 Å². The first-order valence-corrected chi connectivity index (χ1v) is 11.2. The molecule has 5 heteroatoms. The van der Waals surface area contributed by atoms with E-state index in [-0.39, 0.29) is 23.2 Å². The van der Waals surface area contributed by atoms with Crippen molar-refractivity contribution >= 4 is 16.9 Å². The molecular formula is C29H28O5. The summed E-state index contributed by atoms with van der Waals surface area (Å²) in [4.78, 5) is 25.6. The van der Waals surface area contributed by atoms with E-state index in [2.05, 4.69) is 20.8 Å². The molecule has 0 fully saturated rings. The first-order valence-electron chi connectivity index (χ1n) is 11.2. The normalized spacial score (nSPS) is 11.4. The van der Waals surface area contributed by atoms with Gasteiger partial charge in [0.1, 0.15) is 12.2 Å². The molecule has 0 atom stereocenters. The molecule has 34 heavy (non-hydrogen) atoms. The van der Waals surface area contributed by atoms with Gasteiger partial charge >= 0.3 is 5.97 Å². The highest BCUT2D eigenvalue weighted by molar-refractivity contribution is 5.83. The van der Waals surface area contributed by atoms with E-state index in [0.29, 0.717) is 22.3 Å². The topological polar surface area (TPSA) is 65.7 Å². The molecule has 0 saturated carbocycles. The Hall–Kier alpha value is -3.86. The maximum absolute atomic E-state index is 13.3. The van der Waals surface area contributed by atoms with Crippen molar-refractivity contribution in [2.75, 3.05) is 6.61 Å². The fourth-order valence-electron chi connectivity index (χ4n) is 3.64. The average molecular weight is 457 g/mol. The SMILES string of the molecule is Cc1ccc2c(=O)c(OCC(=O)OCc3ccccc3)c(-c3ccc(C(C)(C)C)cc3)oc2c1. The van der Waals surface area contributed by atoms with Gasteiger partial charge in [0.05, 0.1) is 5.39 Å². The molecule has 0 spiro atoms. The molecule has 1 heterocycles. The number of aryl methyl sites for hydroxylation is 1. The molecule has 0 saturated heterocycles. The molecular weight excluding hydrogens is 428 g/mol. The van der Waals surface area contributed by atoms with E-state index in [1.807, 2.05) is 73.7 Å². The third kappa shape index (κ3) is 5.20. The summed E-state index contributed by atoms with van der Waals surface area (Å²) in [5, 5.41) is 0.397. The van der Waals surface area contributed by atoms with E-state index in [1.165, 1.54) is 0 Å². The third-order valence-electron chi connectivity index (χ3n) is 5.60. The van der Waals surface area contributed by atoms with Crippen LogP contribution in [0.1, 0.15) is 37.5 Å². The molecule has 0 radical (unpaired) electrons. The van der Waals surface area contributed by atoms with Crippen molar-refractivity contribution in [3.63, 3.8) is 0 Å². The van der Waals surface area contributed by atoms with Gasteiger partial charge in [-0.3, -0.25) is 4.79 Å². The van der Waals surface area contributed by atoms with Crippen LogP contribution in [-0.2, 0) is 21.6 Å². The standard InChI is InChI=1S/C29H28O5/c1-19-10-15-23-24(16-19)34-27(21-11-13-22(14-12-21)29(2,3)4)28(26(23)31)33-18-25(30)32-17-20-8-6-5-7-9-20/h5-16H,17-18H2,1-4H3. The molecule has 0 aliphatic rings. The largest absolute Gasteiger partial charge is 0.474 e. The monoisotopic (exact) mass is 456 g/mol. The van der Waals surface area contributed by atoms with Crippen LogP contribution in [0.3, 0.4) is 0 Å². The lowest BCUT2D eigenvalue weighted by Crippen LogP contribution is -2.19. The van der Waals surface area contributed by atoms with E-state index in [4.69, 9.17) is 13.9 Å². The number of carbonyl (C=O) groups is 1. The number of hydrogen-bond acceptors (Lipinski definition) is 5. The first-order chi connectivity index (χ1) is 16.2. The predicted molar refractivity (Wildman–Crippen MR) is 133 cm³/mol. The fraction of sp³-hybridized carbons (Fsp3) is 0.241. The summed E-state index contributed by atoms with van der Waals surface area (Å²) in [7, 11) is 0. The van der Waals surface area contributed by atoms with Gasteiger partial charge in [-0.2, -0.15) is 0 Å². The minimum atomic E-state index is -0.568. The number of ether oxygens (including phenoxy) is 2. The molecule has 0 amide bonds. The van der Waals surface area contributed by atoms with Crippen molar-refractivity contribution in [1.29, 1.82) is 0 Å². The quantitative estimate of drug-likeness (QED) is 0.324. The van der Waals surface area contributed by atoms with Crippen LogP contribution in [0.25, 0.3) is 22.3 Å². The molecule has 0 N–H and O–H groups in total. The van der Waals surface area contributed by atoms with Crippen LogP contribution in [0.15, 0.2) is 82.0 Å². The molecule has 0 bridgehead atoms. The Kier molecular flexibility index (Phi) is 6.55. The number of carbonyl (C=O) groups excluding carboxylic acids is 1. The number of esters is 1. The lowest BCUT2D eigenvalue weighted by Gasteiger charge is -2.19. The van der Waals surface area contributed by atoms with Crippen molar-refractivity contribution in [2.24, 2.45) is 0 Å². The van der Waals surface area contributed by atoms with Crippen LogP contribution in [0.4, 0.5) is 0 Å². The van der Waals surface area contributed by atoms with Crippen molar-refractivity contribution in [2.45, 2.75) is 39.7 Å². The zero-order valence-corrected chi connectivity index (χ0v) is 19.9. The van der Waals surface area contributed by atoms with Gasteiger partial charge in [-0.15, -0.1) is 0 Å². The molecule has 5 nitrogen and oxygen atoms in total. The summed E-state index contributed by atoms with van der Waals surface area (Å²) in [6, 6.07) is 22.6. The third-order valence-corrected chi connectivity index (χ3v) is 5.60. The molecule has 4 aromatic rings. The Morgan fingerprint density at radius 2 is 1.65 bits per heavy atom. The molecule has 174 valence electrons. The van der Waals surface area contributed by atoms with Crippen LogP contribution in [0.2, 0.25) is 0 Å². The van der Waals surface area contributed by atoms with Gasteiger partial charge < -0.3 is 13.9 Å². The van der Waals surface area contributed by atoms with Crippen molar-refractivity contribution in [1.82, 2.24) is 0 Å². The number of benzene rings is 3. The van der Waals surface area contributed by atoms with Crippen LogP contribution in [0, 0.1) is 6.92 Å². The van der Waals surface area contributed by atoms with Gasteiger partial charge in [-0.05, 0) is 41.2 Å². The summed E-state index contributed by atoms with van der Waals surface area (Å²) in [6.45, 7) is 8.08. The molecule has 0 aliphatic heterocycles. The van der Waals surface area contributed by atoms with Crippen LogP contribution in [-0.4, -0.2) is 12.6 Å². The van der Waals surface area contributed by atoms with Crippen LogP contribution >= 0.6 is 0 Å². The molecule has 0 aliphatic carbocycles. The zero-order valence-electron chi connectivity index (χ0n) is 19.9. The number of rotatable bonds is 6. The van der Waals surface area contributed by atoms with Crippen molar-refractivity contribution < 1.29 is 18.7 Å². The average Bonchev–Trinajstić information content (AvgIpc) is 2.82. The summed E-state index contributed by atoms with van der Waals surface area (Å²) in [6.07, 6.45) is 0. The molecule has 0 unspecified atom stereocenters. The second-order valence-corrected chi connectivity index (χ2v) is 9.35. The lowest BCUT2D eigenvalue weighted by molar-refractivity contribution is -0.147. The van der Waals surface area contributed by atoms with Gasteiger partial charge in [0.15, 0.2) is 12.4 Å². The van der Waals surface area contributed by atoms with Gasteiger partial charge in [0.2, 0.25) is 11.2 Å².